The van der Waals surface area contributed by atoms with Gasteiger partial charge in [-0.05, 0) is 25.2 Å². The quantitative estimate of drug-likeness (QED) is 0.438. The van der Waals surface area contributed by atoms with E-state index in [-0.39, 0.29) is 30.3 Å². The number of H-pyrrole nitrogens is 1. The molecule has 0 bridgehead atoms. The molecule has 9 heteroatoms. The number of nitrogens with two attached hydrogens (primary N) is 1. The van der Waals surface area contributed by atoms with Gasteiger partial charge in [0.15, 0.2) is 0 Å². The first-order chi connectivity index (χ1) is 9.01. The maximum atomic E-state index is 11.5. The smallest absolute Gasteiger partial charge is 0.375 e. The van der Waals surface area contributed by atoms with Crippen LogP contribution in [-0.2, 0) is 0 Å². The number of nitrogens with zero attached hydrogens (tertiary/aromatic N) is 2. The molecule has 0 radical (unpaired) electrons. The highest BCUT2D eigenvalue weighted by molar-refractivity contribution is 5.56. The van der Waals surface area contributed by atoms with Gasteiger partial charge in [-0.25, -0.2) is 0 Å². The number of aliphatic hydroxyl groups is 1. The van der Waals surface area contributed by atoms with Crippen LogP contribution in [0.2, 0.25) is 0 Å². The third-order valence-electron chi connectivity index (χ3n) is 3.24. The summed E-state index contributed by atoms with van der Waals surface area (Å²) in [5.74, 6) is -0.111. The Labute approximate surface area is 108 Å². The van der Waals surface area contributed by atoms with Gasteiger partial charge in [0.25, 0.3) is 0 Å². The minimum atomic E-state index is -0.878. The second-order valence-electron chi connectivity index (χ2n) is 4.61. The molecule has 0 amide bonds. The van der Waals surface area contributed by atoms with Gasteiger partial charge in [-0.1, -0.05) is 0 Å². The van der Waals surface area contributed by atoms with Gasteiger partial charge in [-0.2, -0.15) is 4.98 Å². The van der Waals surface area contributed by atoms with Crippen LogP contribution in [0.5, 0.6) is 0 Å². The number of aliphatic hydroxyl groups excluding tert-OH is 1. The van der Waals surface area contributed by atoms with E-state index in [4.69, 9.17) is 10.8 Å². The fourth-order valence-corrected chi connectivity index (χ4v) is 2.32. The van der Waals surface area contributed by atoms with Crippen molar-refractivity contribution in [1.29, 1.82) is 0 Å². The van der Waals surface area contributed by atoms with Crippen molar-refractivity contribution >= 4 is 17.5 Å². The summed E-state index contributed by atoms with van der Waals surface area (Å²) in [4.78, 5) is 27.5. The molecule has 19 heavy (non-hydrogen) atoms. The zero-order valence-electron chi connectivity index (χ0n) is 10.1. The molecule has 0 aromatic carbocycles. The lowest BCUT2D eigenvalue weighted by molar-refractivity contribution is -0.385. The number of nitrogen functional groups attached to an aromatic ring is 1. The average Bonchev–Trinajstić information content (AvgIpc) is 2.75. The maximum Gasteiger partial charge on any atom is 0.375 e. The number of aromatic nitrogens is 2. The molecule has 104 valence electrons. The van der Waals surface area contributed by atoms with Crippen LogP contribution in [-0.4, -0.2) is 32.6 Å². The van der Waals surface area contributed by atoms with Gasteiger partial charge >= 0.3 is 11.2 Å². The molecule has 1 aliphatic rings. The summed E-state index contributed by atoms with van der Waals surface area (Å²) < 4.78 is 0. The molecular formula is C10H15N5O4. The minimum Gasteiger partial charge on any atom is -0.396 e. The molecule has 0 saturated heterocycles. The van der Waals surface area contributed by atoms with Crippen LogP contribution >= 0.6 is 0 Å². The number of aromatic amines is 1. The average molecular weight is 269 g/mol. The normalized spacial score (nSPS) is 22.4. The second-order valence-corrected chi connectivity index (χ2v) is 4.61. The summed E-state index contributed by atoms with van der Waals surface area (Å²) in [5, 5.41) is 22.8. The lowest BCUT2D eigenvalue weighted by atomic mass is 10.1. The minimum absolute atomic E-state index is 0.0513. The summed E-state index contributed by atoms with van der Waals surface area (Å²) in [5.41, 5.74) is 3.87. The molecule has 1 aliphatic carbocycles. The predicted octanol–water partition coefficient (Wildman–Crippen LogP) is -0.167. The Kier molecular flexibility index (Phi) is 3.65. The van der Waals surface area contributed by atoms with E-state index in [1.54, 1.807) is 0 Å². The molecule has 1 aromatic rings. The van der Waals surface area contributed by atoms with Crippen molar-refractivity contribution in [3.05, 3.63) is 20.5 Å². The fraction of sp³-hybridized carbons (Fsp3) is 0.600. The van der Waals surface area contributed by atoms with Crippen LogP contribution in [0.1, 0.15) is 19.3 Å². The maximum absolute atomic E-state index is 11.5. The van der Waals surface area contributed by atoms with Crippen molar-refractivity contribution in [3.63, 3.8) is 0 Å². The Morgan fingerprint density at radius 2 is 2.32 bits per heavy atom. The standard InChI is InChI=1S/C10H15N5O4/c11-10-13-8(7(15(18)19)9(17)14-10)12-6-2-1-5(3-6)4-16/h5-6,16H,1-4H2,(H4,11,12,13,14,17)/t5?,6-/m0/s1. The number of anilines is 2. The third-order valence-corrected chi connectivity index (χ3v) is 3.24. The first-order valence-electron chi connectivity index (χ1n) is 5.92. The zero-order valence-corrected chi connectivity index (χ0v) is 10.1. The van der Waals surface area contributed by atoms with Crippen LogP contribution < -0.4 is 16.6 Å². The molecule has 2 rings (SSSR count). The fourth-order valence-electron chi connectivity index (χ4n) is 2.32. The zero-order chi connectivity index (χ0) is 14.0. The monoisotopic (exact) mass is 269 g/mol. The van der Waals surface area contributed by atoms with E-state index in [0.717, 1.165) is 12.8 Å². The highest BCUT2D eigenvalue weighted by Crippen LogP contribution is 2.29. The molecule has 0 aliphatic heterocycles. The molecule has 1 aromatic heterocycles. The molecule has 1 heterocycles. The van der Waals surface area contributed by atoms with E-state index in [9.17, 15) is 14.9 Å². The van der Waals surface area contributed by atoms with Crippen molar-refractivity contribution in [2.75, 3.05) is 17.7 Å². The van der Waals surface area contributed by atoms with Gasteiger partial charge in [0, 0.05) is 12.6 Å². The van der Waals surface area contributed by atoms with Gasteiger partial charge in [0.2, 0.25) is 11.8 Å². The molecule has 9 nitrogen and oxygen atoms in total. The Balaban J connectivity index is 2.25. The van der Waals surface area contributed by atoms with E-state index in [0.29, 0.717) is 6.42 Å². The summed E-state index contributed by atoms with van der Waals surface area (Å²) in [6.07, 6.45) is 2.28. The van der Waals surface area contributed by atoms with Gasteiger partial charge in [0.05, 0.1) is 4.92 Å². The molecular weight excluding hydrogens is 254 g/mol. The molecule has 1 unspecified atom stereocenters. The number of nitro groups is 1. The first-order valence-corrected chi connectivity index (χ1v) is 5.92. The van der Waals surface area contributed by atoms with Crippen LogP contribution in [0.3, 0.4) is 0 Å². The molecule has 1 fully saturated rings. The van der Waals surface area contributed by atoms with E-state index >= 15 is 0 Å². The van der Waals surface area contributed by atoms with Gasteiger partial charge < -0.3 is 16.2 Å². The second kappa shape index (κ2) is 5.22. The lowest BCUT2D eigenvalue weighted by Gasteiger charge is -2.13. The van der Waals surface area contributed by atoms with Crippen LogP contribution in [0.25, 0.3) is 0 Å². The van der Waals surface area contributed by atoms with Crippen molar-refractivity contribution in [2.24, 2.45) is 5.92 Å². The Morgan fingerprint density at radius 1 is 1.58 bits per heavy atom. The van der Waals surface area contributed by atoms with E-state index in [1.165, 1.54) is 0 Å². The number of hydrogen-bond acceptors (Lipinski definition) is 7. The van der Waals surface area contributed by atoms with Crippen molar-refractivity contribution in [2.45, 2.75) is 25.3 Å². The van der Waals surface area contributed by atoms with Gasteiger partial charge in [-0.15, -0.1) is 0 Å². The molecule has 1 saturated carbocycles. The Morgan fingerprint density at radius 3 is 2.89 bits per heavy atom. The topological polar surface area (TPSA) is 147 Å². The van der Waals surface area contributed by atoms with Gasteiger partial charge in [-0.3, -0.25) is 19.9 Å². The van der Waals surface area contributed by atoms with Gasteiger partial charge in [0.1, 0.15) is 0 Å². The van der Waals surface area contributed by atoms with Crippen LogP contribution in [0, 0.1) is 16.0 Å². The molecule has 5 N–H and O–H groups in total. The predicted molar refractivity (Wildman–Crippen MR) is 67.8 cm³/mol. The SMILES string of the molecule is Nc1nc(N[C@H]2CCC(CO)C2)c([N+](=O)[O-])c(=O)[nH]1. The van der Waals surface area contributed by atoms with Crippen LogP contribution in [0.4, 0.5) is 17.5 Å². The van der Waals surface area contributed by atoms with E-state index < -0.39 is 16.2 Å². The van der Waals surface area contributed by atoms with Crippen molar-refractivity contribution in [1.82, 2.24) is 9.97 Å². The van der Waals surface area contributed by atoms with E-state index in [1.807, 2.05) is 0 Å². The molecule has 2 atom stereocenters. The van der Waals surface area contributed by atoms with Crippen molar-refractivity contribution in [3.8, 4) is 0 Å². The number of hydrogen-bond donors (Lipinski definition) is 4. The van der Waals surface area contributed by atoms with Crippen molar-refractivity contribution < 1.29 is 10.0 Å². The van der Waals surface area contributed by atoms with Crippen LogP contribution in [0.15, 0.2) is 4.79 Å². The summed E-state index contributed by atoms with van der Waals surface area (Å²) in [6, 6.07) is -0.0513. The Bertz CT molecular complexity index is 543. The Hall–Kier alpha value is -2.16. The largest absolute Gasteiger partial charge is 0.396 e. The molecule has 0 spiro atoms. The van der Waals surface area contributed by atoms with E-state index in [2.05, 4.69) is 15.3 Å². The summed E-state index contributed by atoms with van der Waals surface area (Å²) >= 11 is 0. The summed E-state index contributed by atoms with van der Waals surface area (Å²) in [6.45, 7) is 0.0885. The third kappa shape index (κ3) is 2.81. The highest BCUT2D eigenvalue weighted by atomic mass is 16.6. The lowest BCUT2D eigenvalue weighted by Crippen LogP contribution is -2.23. The number of rotatable bonds is 4. The number of nitrogens with one attached hydrogen (secondary N) is 2. The summed E-state index contributed by atoms with van der Waals surface area (Å²) in [7, 11) is 0. The highest BCUT2D eigenvalue weighted by Gasteiger charge is 2.28. The first kappa shape index (κ1) is 13.3.